The second-order valence-corrected chi connectivity index (χ2v) is 5.60. The van der Waals surface area contributed by atoms with Crippen LogP contribution in [-0.2, 0) is 9.59 Å². The number of anilines is 2. The Bertz CT molecular complexity index is 805. The Labute approximate surface area is 140 Å². The fraction of sp³-hybridized carbons (Fsp3) is 0.167. The average molecular weight is 325 g/mol. The number of imide groups is 1. The van der Waals surface area contributed by atoms with Crippen molar-refractivity contribution in [1.29, 1.82) is 0 Å². The van der Waals surface area contributed by atoms with Crippen LogP contribution in [0.1, 0.15) is 27.0 Å². The third-order valence-electron chi connectivity index (χ3n) is 3.55. The molecule has 3 amide bonds. The standard InChI is InChI=1S/C18H19N3O3/c1-10-8-11(2)15(12(3)9-10)20-17(23)18(24)21-16(22)13-6-4-5-7-14(13)19/h4-9H,19H2,1-3H3,(H,20,23)(H,21,22,24). The number of carbonyl (C=O) groups is 3. The summed E-state index contributed by atoms with van der Waals surface area (Å²) in [7, 11) is 0. The van der Waals surface area contributed by atoms with Crippen molar-refractivity contribution in [2.45, 2.75) is 20.8 Å². The van der Waals surface area contributed by atoms with Crippen LogP contribution in [0.4, 0.5) is 11.4 Å². The number of rotatable bonds is 2. The third-order valence-corrected chi connectivity index (χ3v) is 3.55. The smallest absolute Gasteiger partial charge is 0.316 e. The minimum absolute atomic E-state index is 0.140. The summed E-state index contributed by atoms with van der Waals surface area (Å²) in [6.07, 6.45) is 0. The Hall–Kier alpha value is -3.15. The van der Waals surface area contributed by atoms with Gasteiger partial charge < -0.3 is 11.1 Å². The Morgan fingerprint density at radius 1 is 0.917 bits per heavy atom. The molecule has 6 heteroatoms. The van der Waals surface area contributed by atoms with Crippen LogP contribution >= 0.6 is 0 Å². The lowest BCUT2D eigenvalue weighted by molar-refractivity contribution is -0.135. The third kappa shape index (κ3) is 3.78. The van der Waals surface area contributed by atoms with Gasteiger partial charge in [-0.3, -0.25) is 19.7 Å². The predicted octanol–water partition coefficient (Wildman–Crippen LogP) is 2.09. The number of carbonyl (C=O) groups excluding carboxylic acids is 3. The molecule has 0 unspecified atom stereocenters. The van der Waals surface area contributed by atoms with Crippen molar-refractivity contribution in [2.24, 2.45) is 0 Å². The molecular formula is C18H19N3O3. The van der Waals surface area contributed by atoms with Crippen LogP contribution in [0.25, 0.3) is 0 Å². The van der Waals surface area contributed by atoms with Gasteiger partial charge in [-0.15, -0.1) is 0 Å². The summed E-state index contributed by atoms with van der Waals surface area (Å²) in [5, 5.41) is 4.58. The Morgan fingerprint density at radius 2 is 1.50 bits per heavy atom. The number of hydrogen-bond donors (Lipinski definition) is 3. The number of hydrogen-bond acceptors (Lipinski definition) is 4. The van der Waals surface area contributed by atoms with Gasteiger partial charge in [0.15, 0.2) is 0 Å². The van der Waals surface area contributed by atoms with E-state index in [0.717, 1.165) is 16.7 Å². The number of nitrogen functional groups attached to an aromatic ring is 1. The van der Waals surface area contributed by atoms with Crippen LogP contribution in [-0.4, -0.2) is 17.7 Å². The van der Waals surface area contributed by atoms with Crippen molar-refractivity contribution in [3.05, 3.63) is 58.7 Å². The van der Waals surface area contributed by atoms with Crippen LogP contribution in [0.15, 0.2) is 36.4 Å². The molecule has 124 valence electrons. The number of benzene rings is 2. The molecule has 0 aliphatic carbocycles. The summed E-state index contributed by atoms with van der Waals surface area (Å²) >= 11 is 0. The molecule has 0 saturated carbocycles. The van der Waals surface area contributed by atoms with Gasteiger partial charge in [-0.25, -0.2) is 0 Å². The molecule has 0 spiro atoms. The second-order valence-electron chi connectivity index (χ2n) is 5.60. The first-order valence-corrected chi connectivity index (χ1v) is 7.38. The lowest BCUT2D eigenvalue weighted by atomic mass is 10.1. The van der Waals surface area contributed by atoms with Gasteiger partial charge in [0.25, 0.3) is 5.91 Å². The highest BCUT2D eigenvalue weighted by molar-refractivity contribution is 6.42. The second kappa shape index (κ2) is 6.95. The zero-order valence-corrected chi connectivity index (χ0v) is 13.8. The highest BCUT2D eigenvalue weighted by Gasteiger charge is 2.20. The van der Waals surface area contributed by atoms with E-state index < -0.39 is 17.7 Å². The maximum Gasteiger partial charge on any atom is 0.316 e. The van der Waals surface area contributed by atoms with E-state index in [0.29, 0.717) is 5.69 Å². The first-order valence-electron chi connectivity index (χ1n) is 7.38. The zero-order valence-electron chi connectivity index (χ0n) is 13.8. The summed E-state index contributed by atoms with van der Waals surface area (Å²) < 4.78 is 0. The van der Waals surface area contributed by atoms with E-state index in [4.69, 9.17) is 5.73 Å². The van der Waals surface area contributed by atoms with Crippen LogP contribution < -0.4 is 16.4 Å². The molecule has 2 aromatic carbocycles. The van der Waals surface area contributed by atoms with Gasteiger partial charge in [0.2, 0.25) is 0 Å². The Balaban J connectivity index is 2.10. The molecule has 0 fully saturated rings. The minimum atomic E-state index is -1.04. The average Bonchev–Trinajstić information content (AvgIpc) is 2.50. The molecule has 24 heavy (non-hydrogen) atoms. The van der Waals surface area contributed by atoms with E-state index in [1.807, 2.05) is 38.2 Å². The maximum atomic E-state index is 12.0. The first-order chi connectivity index (χ1) is 11.3. The van der Waals surface area contributed by atoms with E-state index in [-0.39, 0.29) is 11.3 Å². The number of amides is 3. The van der Waals surface area contributed by atoms with Crippen LogP contribution in [0.3, 0.4) is 0 Å². The molecule has 0 atom stereocenters. The normalized spacial score (nSPS) is 10.1. The van der Waals surface area contributed by atoms with Crippen LogP contribution in [0, 0.1) is 20.8 Å². The molecule has 2 aromatic rings. The molecule has 0 heterocycles. The summed E-state index contributed by atoms with van der Waals surface area (Å²) in [4.78, 5) is 36.0. The molecule has 0 saturated heterocycles. The Morgan fingerprint density at radius 3 is 2.08 bits per heavy atom. The highest BCUT2D eigenvalue weighted by atomic mass is 16.2. The zero-order chi connectivity index (χ0) is 17.9. The predicted molar refractivity (Wildman–Crippen MR) is 92.6 cm³/mol. The van der Waals surface area contributed by atoms with Crippen molar-refractivity contribution < 1.29 is 14.4 Å². The minimum Gasteiger partial charge on any atom is -0.398 e. The van der Waals surface area contributed by atoms with Gasteiger partial charge in [0, 0.05) is 11.4 Å². The van der Waals surface area contributed by atoms with E-state index in [9.17, 15) is 14.4 Å². The summed E-state index contributed by atoms with van der Waals surface area (Å²) in [6.45, 7) is 5.62. The quantitative estimate of drug-likeness (QED) is 0.581. The molecular weight excluding hydrogens is 306 g/mol. The summed E-state index contributed by atoms with van der Waals surface area (Å²) in [6, 6.07) is 10.1. The van der Waals surface area contributed by atoms with Gasteiger partial charge in [-0.05, 0) is 44.0 Å². The van der Waals surface area contributed by atoms with Gasteiger partial charge in [-0.1, -0.05) is 29.8 Å². The maximum absolute atomic E-state index is 12.0. The van der Waals surface area contributed by atoms with Crippen LogP contribution in [0.2, 0.25) is 0 Å². The SMILES string of the molecule is Cc1cc(C)c(NC(=O)C(=O)NC(=O)c2ccccc2N)c(C)c1. The molecule has 0 radical (unpaired) electrons. The first kappa shape index (κ1) is 17.2. The van der Waals surface area contributed by atoms with E-state index in [1.54, 1.807) is 18.2 Å². The lowest BCUT2D eigenvalue weighted by Gasteiger charge is -2.12. The monoisotopic (exact) mass is 325 g/mol. The van der Waals surface area contributed by atoms with E-state index >= 15 is 0 Å². The topological polar surface area (TPSA) is 101 Å². The fourth-order valence-electron chi connectivity index (χ4n) is 2.48. The molecule has 0 aliphatic heterocycles. The van der Waals surface area contributed by atoms with E-state index in [2.05, 4.69) is 5.32 Å². The number of para-hydroxylation sites is 1. The van der Waals surface area contributed by atoms with Gasteiger partial charge >= 0.3 is 11.8 Å². The molecule has 4 N–H and O–H groups in total. The molecule has 0 aliphatic rings. The molecule has 0 aromatic heterocycles. The van der Waals surface area contributed by atoms with Gasteiger partial charge in [-0.2, -0.15) is 0 Å². The molecule has 2 rings (SSSR count). The largest absolute Gasteiger partial charge is 0.398 e. The number of aryl methyl sites for hydroxylation is 3. The van der Waals surface area contributed by atoms with Crippen molar-refractivity contribution in [3.8, 4) is 0 Å². The van der Waals surface area contributed by atoms with Crippen LogP contribution in [0.5, 0.6) is 0 Å². The Kier molecular flexibility index (Phi) is 4.99. The van der Waals surface area contributed by atoms with Gasteiger partial charge in [0.05, 0.1) is 5.56 Å². The molecule has 0 bridgehead atoms. The summed E-state index contributed by atoms with van der Waals surface area (Å²) in [5.41, 5.74) is 9.35. The lowest BCUT2D eigenvalue weighted by Crippen LogP contribution is -2.39. The molecule has 6 nitrogen and oxygen atoms in total. The number of nitrogens with two attached hydrogens (primary N) is 1. The van der Waals surface area contributed by atoms with Crippen molar-refractivity contribution in [3.63, 3.8) is 0 Å². The van der Waals surface area contributed by atoms with E-state index in [1.165, 1.54) is 6.07 Å². The highest BCUT2D eigenvalue weighted by Crippen LogP contribution is 2.21. The fourth-order valence-corrected chi connectivity index (χ4v) is 2.48. The van der Waals surface area contributed by atoms with Crippen molar-refractivity contribution >= 4 is 29.1 Å². The van der Waals surface area contributed by atoms with Crippen molar-refractivity contribution in [2.75, 3.05) is 11.1 Å². The van der Waals surface area contributed by atoms with Crippen molar-refractivity contribution in [1.82, 2.24) is 5.32 Å². The number of nitrogens with one attached hydrogen (secondary N) is 2. The van der Waals surface area contributed by atoms with Gasteiger partial charge in [0.1, 0.15) is 0 Å². The summed E-state index contributed by atoms with van der Waals surface area (Å²) in [5.74, 6) is -2.67.